The van der Waals surface area contributed by atoms with Crippen LogP contribution in [0.15, 0.2) is 54.6 Å². The summed E-state index contributed by atoms with van der Waals surface area (Å²) < 4.78 is 0. The van der Waals surface area contributed by atoms with Crippen molar-refractivity contribution in [3.05, 3.63) is 60.2 Å². The van der Waals surface area contributed by atoms with Crippen LogP contribution in [-0.2, 0) is 0 Å². The summed E-state index contributed by atoms with van der Waals surface area (Å²) in [7, 11) is 0. The normalized spacial score (nSPS) is 27.2. The minimum atomic E-state index is 0.513. The van der Waals surface area contributed by atoms with Gasteiger partial charge in [0.15, 0.2) is 0 Å². The molecule has 3 aromatic carbocycles. The van der Waals surface area contributed by atoms with Crippen LogP contribution in [0.5, 0.6) is 0 Å². The lowest BCUT2D eigenvalue weighted by Crippen LogP contribution is -2.44. The van der Waals surface area contributed by atoms with Crippen molar-refractivity contribution in [1.29, 1.82) is 0 Å². The van der Waals surface area contributed by atoms with Gasteiger partial charge in [-0.15, -0.1) is 0 Å². The number of rotatable bonds is 1. The van der Waals surface area contributed by atoms with Gasteiger partial charge in [-0.1, -0.05) is 61.4 Å². The van der Waals surface area contributed by atoms with Gasteiger partial charge >= 0.3 is 0 Å². The van der Waals surface area contributed by atoms with Crippen LogP contribution in [0.1, 0.15) is 50.1 Å². The fourth-order valence-corrected chi connectivity index (χ4v) is 5.11. The number of benzene rings is 3. The van der Waals surface area contributed by atoms with Gasteiger partial charge in [-0.2, -0.15) is 0 Å². The number of fused-ring (bicyclic) bond motifs is 4. The molecule has 0 aromatic heterocycles. The molecule has 0 bridgehead atoms. The van der Waals surface area contributed by atoms with E-state index in [4.69, 9.17) is 0 Å². The first kappa shape index (κ1) is 14.5. The second-order valence-electron chi connectivity index (χ2n) is 7.68. The highest BCUT2D eigenvalue weighted by Gasteiger charge is 2.32. The van der Waals surface area contributed by atoms with Crippen LogP contribution in [0, 0.1) is 5.92 Å². The number of piperidine rings is 1. The molecule has 0 radical (unpaired) electrons. The van der Waals surface area contributed by atoms with E-state index in [0.29, 0.717) is 6.04 Å². The zero-order chi connectivity index (χ0) is 15.9. The molecule has 24 heavy (non-hydrogen) atoms. The fraction of sp³-hybridized carbons (Fsp3) is 0.391. The highest BCUT2D eigenvalue weighted by atomic mass is 15.0. The maximum Gasteiger partial charge on any atom is 0.0329 e. The maximum atomic E-state index is 4.03. The minimum Gasteiger partial charge on any atom is -0.307 e. The monoisotopic (exact) mass is 315 g/mol. The van der Waals surface area contributed by atoms with Gasteiger partial charge in [0, 0.05) is 12.1 Å². The molecule has 1 saturated carbocycles. The lowest BCUT2D eigenvalue weighted by molar-refractivity contribution is 0.177. The third kappa shape index (κ3) is 2.34. The van der Waals surface area contributed by atoms with E-state index in [2.05, 4.69) is 59.9 Å². The zero-order valence-electron chi connectivity index (χ0n) is 14.2. The van der Waals surface area contributed by atoms with Crippen LogP contribution < -0.4 is 5.32 Å². The van der Waals surface area contributed by atoms with Gasteiger partial charge in [0.1, 0.15) is 0 Å². The predicted octanol–water partition coefficient (Wildman–Crippen LogP) is 5.98. The molecule has 2 aliphatic rings. The van der Waals surface area contributed by atoms with E-state index in [9.17, 15) is 0 Å². The third-order valence-corrected chi connectivity index (χ3v) is 6.33. The number of hydrogen-bond donors (Lipinski definition) is 1. The molecule has 3 aromatic rings. The van der Waals surface area contributed by atoms with Gasteiger partial charge in [0.2, 0.25) is 0 Å². The van der Waals surface area contributed by atoms with Crippen molar-refractivity contribution in [2.75, 3.05) is 0 Å². The lowest BCUT2D eigenvalue weighted by Gasteiger charge is -2.41. The lowest BCUT2D eigenvalue weighted by atomic mass is 9.76. The summed E-state index contributed by atoms with van der Waals surface area (Å²) in [6.07, 6.45) is 8.31. The molecular weight excluding hydrogens is 290 g/mol. The van der Waals surface area contributed by atoms with Crippen molar-refractivity contribution in [1.82, 2.24) is 5.32 Å². The molecule has 0 amide bonds. The Bertz CT molecular complexity index is 881. The number of nitrogens with one attached hydrogen (secondary N) is 1. The van der Waals surface area contributed by atoms with Crippen LogP contribution in [0.4, 0.5) is 0 Å². The first-order valence-electron chi connectivity index (χ1n) is 9.56. The fourth-order valence-electron chi connectivity index (χ4n) is 5.11. The second kappa shape index (κ2) is 5.89. The summed E-state index contributed by atoms with van der Waals surface area (Å²) in [5, 5.41) is 9.61. The topological polar surface area (TPSA) is 12.0 Å². The predicted molar refractivity (Wildman–Crippen MR) is 102 cm³/mol. The summed E-state index contributed by atoms with van der Waals surface area (Å²) in [6, 6.07) is 21.5. The van der Waals surface area contributed by atoms with Crippen LogP contribution >= 0.6 is 0 Å². The quantitative estimate of drug-likeness (QED) is 0.545. The summed E-state index contributed by atoms with van der Waals surface area (Å²) in [4.78, 5) is 0. The Kier molecular flexibility index (Phi) is 3.56. The van der Waals surface area contributed by atoms with E-state index in [0.717, 1.165) is 12.0 Å². The molecule has 1 saturated heterocycles. The Morgan fingerprint density at radius 2 is 1.46 bits per heavy atom. The first-order chi connectivity index (χ1) is 11.9. The molecule has 3 atom stereocenters. The summed E-state index contributed by atoms with van der Waals surface area (Å²) in [5.41, 5.74) is 1.51. The van der Waals surface area contributed by atoms with Crippen molar-refractivity contribution < 1.29 is 0 Å². The molecule has 1 aliphatic heterocycles. The second-order valence-corrected chi connectivity index (χ2v) is 7.68. The molecule has 0 spiro atoms. The van der Waals surface area contributed by atoms with E-state index in [1.165, 1.54) is 65.6 Å². The highest BCUT2D eigenvalue weighted by Crippen LogP contribution is 2.40. The Morgan fingerprint density at radius 1 is 0.708 bits per heavy atom. The van der Waals surface area contributed by atoms with Crippen LogP contribution in [0.3, 0.4) is 0 Å². The van der Waals surface area contributed by atoms with Crippen molar-refractivity contribution in [3.63, 3.8) is 0 Å². The largest absolute Gasteiger partial charge is 0.307 e. The van der Waals surface area contributed by atoms with E-state index < -0.39 is 0 Å². The average molecular weight is 315 g/mol. The average Bonchev–Trinajstić information content (AvgIpc) is 2.67. The molecule has 1 nitrogen and oxygen atoms in total. The Hall–Kier alpha value is -1.86. The summed E-state index contributed by atoms with van der Waals surface area (Å²) in [6.45, 7) is 0. The molecule has 5 rings (SSSR count). The maximum absolute atomic E-state index is 4.03. The minimum absolute atomic E-state index is 0.513. The molecule has 1 heterocycles. The van der Waals surface area contributed by atoms with Gasteiger partial charge in [-0.05, 0) is 64.8 Å². The molecule has 2 fully saturated rings. The highest BCUT2D eigenvalue weighted by molar-refractivity contribution is 6.09. The van der Waals surface area contributed by atoms with E-state index in [-0.39, 0.29) is 0 Å². The van der Waals surface area contributed by atoms with Crippen LogP contribution in [0.25, 0.3) is 21.5 Å². The first-order valence-corrected chi connectivity index (χ1v) is 9.56. The number of hydrogen-bond acceptors (Lipinski definition) is 1. The van der Waals surface area contributed by atoms with E-state index in [1.807, 2.05) is 0 Å². The molecule has 3 unspecified atom stereocenters. The molecule has 1 aliphatic carbocycles. The van der Waals surface area contributed by atoms with Gasteiger partial charge in [0.05, 0.1) is 0 Å². The third-order valence-electron chi connectivity index (χ3n) is 6.33. The molecule has 1 heteroatoms. The SMILES string of the molecule is c1ccc2c(c1)cc(C1CCC3CCCCC3N1)c1ccccc12. The Balaban J connectivity index is 1.63. The van der Waals surface area contributed by atoms with Gasteiger partial charge in [-0.3, -0.25) is 0 Å². The molecule has 122 valence electrons. The van der Waals surface area contributed by atoms with Crippen molar-refractivity contribution in [2.24, 2.45) is 5.92 Å². The van der Waals surface area contributed by atoms with Crippen LogP contribution in [0.2, 0.25) is 0 Å². The van der Waals surface area contributed by atoms with Gasteiger partial charge in [-0.25, -0.2) is 0 Å². The van der Waals surface area contributed by atoms with Gasteiger partial charge in [0.25, 0.3) is 0 Å². The Labute approximate surface area is 144 Å². The van der Waals surface area contributed by atoms with Crippen LogP contribution in [-0.4, -0.2) is 6.04 Å². The standard InChI is InChI=1S/C23H25N/c1-3-9-18-17(8-1)15-21(20-11-5-4-10-19(18)20)23-14-13-16-7-2-6-12-22(16)24-23/h1,3-5,8-11,15-16,22-24H,2,6-7,12-14H2. The van der Waals surface area contributed by atoms with E-state index in [1.54, 1.807) is 0 Å². The summed E-state index contributed by atoms with van der Waals surface area (Å²) >= 11 is 0. The van der Waals surface area contributed by atoms with Crippen molar-refractivity contribution >= 4 is 21.5 Å². The smallest absolute Gasteiger partial charge is 0.0329 e. The van der Waals surface area contributed by atoms with E-state index >= 15 is 0 Å². The molecular formula is C23H25N. The summed E-state index contributed by atoms with van der Waals surface area (Å²) in [5.74, 6) is 0.918. The molecule has 1 N–H and O–H groups in total. The zero-order valence-corrected chi connectivity index (χ0v) is 14.2. The van der Waals surface area contributed by atoms with Crippen molar-refractivity contribution in [3.8, 4) is 0 Å². The van der Waals surface area contributed by atoms with Gasteiger partial charge < -0.3 is 5.32 Å². The van der Waals surface area contributed by atoms with Crippen molar-refractivity contribution in [2.45, 2.75) is 50.6 Å². The Morgan fingerprint density at radius 3 is 2.38 bits per heavy atom.